The quantitative estimate of drug-likeness (QED) is 0.744. The molecule has 2 rings (SSSR count). The first-order valence-electron chi connectivity index (χ1n) is 5.34. The van der Waals surface area contributed by atoms with Crippen molar-refractivity contribution in [3.63, 3.8) is 0 Å². The number of aromatic nitrogens is 2. The van der Waals surface area contributed by atoms with E-state index >= 15 is 0 Å². The number of phenolic OH excluding ortho intramolecular Hbond substituents is 1. The van der Waals surface area contributed by atoms with Crippen molar-refractivity contribution in [1.29, 1.82) is 0 Å². The largest absolute Gasteiger partial charge is 0.506 e. The van der Waals surface area contributed by atoms with Crippen LogP contribution < -0.4 is 5.32 Å². The molecule has 20 heavy (non-hydrogen) atoms. The maximum Gasteiger partial charge on any atom is 0.335 e. The Morgan fingerprint density at radius 3 is 2.50 bits per heavy atom. The van der Waals surface area contributed by atoms with Gasteiger partial charge in [0.2, 0.25) is 0 Å². The van der Waals surface area contributed by atoms with Crippen molar-refractivity contribution in [2.75, 3.05) is 5.32 Å². The number of phenols is 1. The molecule has 0 saturated heterocycles. The van der Waals surface area contributed by atoms with Gasteiger partial charge in [-0.05, 0) is 30.3 Å². The van der Waals surface area contributed by atoms with Crippen molar-refractivity contribution in [2.24, 2.45) is 0 Å². The normalized spacial score (nSPS) is 10.1. The molecule has 0 unspecified atom stereocenters. The first kappa shape index (κ1) is 13.8. The molecule has 0 radical (unpaired) electrons. The van der Waals surface area contributed by atoms with E-state index in [0.717, 1.165) is 6.07 Å². The van der Waals surface area contributed by atoms with Crippen LogP contribution in [-0.4, -0.2) is 32.3 Å². The lowest BCUT2D eigenvalue weighted by atomic mass is 10.2. The summed E-state index contributed by atoms with van der Waals surface area (Å²) in [5.74, 6) is -2.08. The van der Waals surface area contributed by atoms with Crippen LogP contribution in [0.15, 0.2) is 30.3 Å². The lowest BCUT2D eigenvalue weighted by Gasteiger charge is -2.07. The minimum absolute atomic E-state index is 0.0190. The van der Waals surface area contributed by atoms with E-state index in [1.807, 2.05) is 0 Å². The molecule has 1 aromatic heterocycles. The predicted molar refractivity (Wildman–Crippen MR) is 70.1 cm³/mol. The number of aromatic hydroxyl groups is 1. The third kappa shape index (κ3) is 3.01. The van der Waals surface area contributed by atoms with Gasteiger partial charge in [0.25, 0.3) is 5.91 Å². The van der Waals surface area contributed by atoms with Crippen LogP contribution in [0, 0.1) is 0 Å². The van der Waals surface area contributed by atoms with Gasteiger partial charge in [-0.1, -0.05) is 11.6 Å². The SMILES string of the molecule is O=C(O)c1ccc(O)c(NC(=O)c2ccc(Cl)nn2)c1. The third-order valence-corrected chi connectivity index (χ3v) is 2.56. The number of carboxylic acid groups (broad SMARTS) is 1. The Morgan fingerprint density at radius 2 is 1.90 bits per heavy atom. The number of anilines is 1. The molecule has 0 aliphatic heterocycles. The van der Waals surface area contributed by atoms with E-state index in [2.05, 4.69) is 15.5 Å². The topological polar surface area (TPSA) is 112 Å². The van der Waals surface area contributed by atoms with Gasteiger partial charge >= 0.3 is 5.97 Å². The summed E-state index contributed by atoms with van der Waals surface area (Å²) in [5, 5.41) is 28.0. The molecular weight excluding hydrogens is 286 g/mol. The molecule has 8 heteroatoms. The van der Waals surface area contributed by atoms with Crippen LogP contribution in [0.4, 0.5) is 5.69 Å². The van der Waals surface area contributed by atoms with Gasteiger partial charge in [0.1, 0.15) is 5.75 Å². The molecule has 0 bridgehead atoms. The first-order valence-corrected chi connectivity index (χ1v) is 5.72. The molecule has 1 aromatic carbocycles. The summed E-state index contributed by atoms with van der Waals surface area (Å²) in [4.78, 5) is 22.7. The molecule has 0 fully saturated rings. The Hall–Kier alpha value is -2.67. The summed E-state index contributed by atoms with van der Waals surface area (Å²) in [6.07, 6.45) is 0. The number of nitrogens with one attached hydrogen (secondary N) is 1. The summed E-state index contributed by atoms with van der Waals surface area (Å²) in [6, 6.07) is 6.26. The number of aromatic carboxylic acids is 1. The number of hydrogen-bond donors (Lipinski definition) is 3. The lowest BCUT2D eigenvalue weighted by Crippen LogP contribution is -2.14. The monoisotopic (exact) mass is 293 g/mol. The predicted octanol–water partition coefficient (Wildman–Crippen LogP) is 1.79. The maximum atomic E-state index is 11.8. The zero-order chi connectivity index (χ0) is 14.7. The number of carboxylic acids is 1. The summed E-state index contributed by atoms with van der Waals surface area (Å²) in [7, 11) is 0. The van der Waals surface area contributed by atoms with Crippen molar-refractivity contribution >= 4 is 29.2 Å². The van der Waals surface area contributed by atoms with Crippen LogP contribution >= 0.6 is 11.6 Å². The number of carbonyl (C=O) groups is 2. The molecule has 102 valence electrons. The van der Waals surface area contributed by atoms with E-state index in [1.165, 1.54) is 24.3 Å². The van der Waals surface area contributed by atoms with Gasteiger partial charge in [-0.25, -0.2) is 4.79 Å². The fourth-order valence-corrected chi connectivity index (χ4v) is 1.49. The molecule has 0 aliphatic rings. The second-order valence-corrected chi connectivity index (χ2v) is 4.12. The average molecular weight is 294 g/mol. The standard InChI is InChI=1S/C12H8ClN3O4/c13-10-4-2-7(15-16-10)11(18)14-8-5-6(12(19)20)1-3-9(8)17/h1-5,17H,(H,14,18)(H,19,20). The Labute approximate surface area is 117 Å². The van der Waals surface area contributed by atoms with Gasteiger partial charge in [0, 0.05) is 0 Å². The second-order valence-electron chi connectivity index (χ2n) is 3.73. The molecule has 0 saturated carbocycles. The number of hydrogen-bond acceptors (Lipinski definition) is 5. The lowest BCUT2D eigenvalue weighted by molar-refractivity contribution is 0.0696. The molecule has 1 heterocycles. The van der Waals surface area contributed by atoms with Crippen molar-refractivity contribution in [3.05, 3.63) is 46.7 Å². The number of rotatable bonds is 3. The van der Waals surface area contributed by atoms with Crippen LogP contribution in [0.3, 0.4) is 0 Å². The fraction of sp³-hybridized carbons (Fsp3) is 0. The third-order valence-electron chi connectivity index (χ3n) is 2.36. The minimum atomic E-state index is -1.17. The summed E-state index contributed by atoms with van der Waals surface area (Å²) < 4.78 is 0. The number of nitrogens with zero attached hydrogens (tertiary/aromatic N) is 2. The zero-order valence-electron chi connectivity index (χ0n) is 9.87. The highest BCUT2D eigenvalue weighted by molar-refractivity contribution is 6.29. The zero-order valence-corrected chi connectivity index (χ0v) is 10.6. The van der Waals surface area contributed by atoms with Crippen molar-refractivity contribution in [1.82, 2.24) is 10.2 Å². The molecule has 7 nitrogen and oxygen atoms in total. The maximum absolute atomic E-state index is 11.8. The highest BCUT2D eigenvalue weighted by Crippen LogP contribution is 2.24. The van der Waals surface area contributed by atoms with E-state index in [4.69, 9.17) is 16.7 Å². The van der Waals surface area contributed by atoms with E-state index in [-0.39, 0.29) is 27.8 Å². The van der Waals surface area contributed by atoms with Gasteiger partial charge in [-0.3, -0.25) is 4.79 Å². The highest BCUT2D eigenvalue weighted by atomic mass is 35.5. The molecule has 2 aromatic rings. The number of carbonyl (C=O) groups excluding carboxylic acids is 1. The Bertz CT molecular complexity index is 673. The van der Waals surface area contributed by atoms with Gasteiger partial charge in [-0.15, -0.1) is 10.2 Å². The molecule has 3 N–H and O–H groups in total. The molecular formula is C12H8ClN3O4. The van der Waals surface area contributed by atoms with Gasteiger partial charge in [0.15, 0.2) is 10.8 Å². The summed E-state index contributed by atoms with van der Waals surface area (Å²) >= 11 is 5.55. The number of benzene rings is 1. The fourth-order valence-electron chi connectivity index (χ4n) is 1.39. The molecule has 0 aliphatic carbocycles. The van der Waals surface area contributed by atoms with Crippen LogP contribution in [0.2, 0.25) is 5.15 Å². The summed E-state index contributed by atoms with van der Waals surface area (Å²) in [5.41, 5.74) is -0.124. The van der Waals surface area contributed by atoms with Gasteiger partial charge in [-0.2, -0.15) is 0 Å². The van der Waals surface area contributed by atoms with Crippen molar-refractivity contribution in [2.45, 2.75) is 0 Å². The molecule has 1 amide bonds. The minimum Gasteiger partial charge on any atom is -0.506 e. The Kier molecular flexibility index (Phi) is 3.81. The molecule has 0 atom stereocenters. The van der Waals surface area contributed by atoms with Crippen LogP contribution in [0.1, 0.15) is 20.8 Å². The van der Waals surface area contributed by atoms with Crippen LogP contribution in [0.5, 0.6) is 5.75 Å². The first-order chi connectivity index (χ1) is 9.47. The van der Waals surface area contributed by atoms with Gasteiger partial charge < -0.3 is 15.5 Å². The Morgan fingerprint density at radius 1 is 1.15 bits per heavy atom. The second kappa shape index (κ2) is 5.54. The van der Waals surface area contributed by atoms with Crippen LogP contribution in [0.25, 0.3) is 0 Å². The highest BCUT2D eigenvalue weighted by Gasteiger charge is 2.13. The van der Waals surface area contributed by atoms with Gasteiger partial charge in [0.05, 0.1) is 11.3 Å². The number of amides is 1. The van der Waals surface area contributed by atoms with Crippen molar-refractivity contribution < 1.29 is 19.8 Å². The Balaban J connectivity index is 2.25. The average Bonchev–Trinajstić information content (AvgIpc) is 2.41. The van der Waals surface area contributed by atoms with E-state index in [1.54, 1.807) is 0 Å². The van der Waals surface area contributed by atoms with E-state index < -0.39 is 11.9 Å². The summed E-state index contributed by atoms with van der Waals surface area (Å²) in [6.45, 7) is 0. The smallest absolute Gasteiger partial charge is 0.335 e. The van der Waals surface area contributed by atoms with Crippen molar-refractivity contribution in [3.8, 4) is 5.75 Å². The van der Waals surface area contributed by atoms with E-state index in [0.29, 0.717) is 0 Å². The number of halogens is 1. The van der Waals surface area contributed by atoms with Crippen LogP contribution in [-0.2, 0) is 0 Å². The van der Waals surface area contributed by atoms with E-state index in [9.17, 15) is 14.7 Å². The molecule has 0 spiro atoms.